The Labute approximate surface area is 123 Å². The fourth-order valence-corrected chi connectivity index (χ4v) is 10.0. The first-order valence-corrected chi connectivity index (χ1v) is 10.8. The molecule has 0 radical (unpaired) electrons. The fourth-order valence-electron chi connectivity index (χ4n) is 4.07. The minimum Gasteiger partial charge on any atom is -0.0920 e. The van der Waals surface area contributed by atoms with E-state index in [9.17, 15) is 0 Å². The van der Waals surface area contributed by atoms with E-state index in [1.807, 2.05) is 0 Å². The van der Waals surface area contributed by atoms with Crippen LogP contribution in [0.4, 0.5) is 0 Å². The van der Waals surface area contributed by atoms with Gasteiger partial charge in [0.15, 0.2) is 0 Å². The van der Waals surface area contributed by atoms with E-state index in [-0.39, 0.29) is 0 Å². The molecule has 0 amide bonds. The average molecular weight is 292 g/mol. The second kappa shape index (κ2) is 5.70. The Balaban J connectivity index is 1.99. The Hall–Kier alpha value is -0.130. The molecule has 19 heavy (non-hydrogen) atoms. The lowest BCUT2D eigenvalue weighted by Gasteiger charge is -2.34. The van der Waals surface area contributed by atoms with Crippen LogP contribution in [0.5, 0.6) is 0 Å². The van der Waals surface area contributed by atoms with Gasteiger partial charge >= 0.3 is 0 Å². The maximum Gasteiger partial charge on any atom is -0.00783 e. The maximum atomic E-state index is 6.44. The van der Waals surface area contributed by atoms with E-state index in [0.29, 0.717) is 0 Å². The molecule has 0 nitrogen and oxygen atoms in total. The van der Waals surface area contributed by atoms with Crippen molar-refractivity contribution >= 4 is 23.1 Å². The summed E-state index contributed by atoms with van der Waals surface area (Å²) in [6.45, 7) is 2.18. The van der Waals surface area contributed by atoms with Gasteiger partial charge < -0.3 is 0 Å². The van der Waals surface area contributed by atoms with Crippen LogP contribution in [0.2, 0.25) is 0 Å². The van der Waals surface area contributed by atoms with Crippen LogP contribution in [0.15, 0.2) is 24.3 Å². The summed E-state index contributed by atoms with van der Waals surface area (Å²) in [6, 6.07) is 7.94. The first kappa shape index (κ1) is 13.8. The van der Waals surface area contributed by atoms with E-state index in [4.69, 9.17) is 11.8 Å². The lowest BCUT2D eigenvalue weighted by Crippen LogP contribution is -2.23. The summed E-state index contributed by atoms with van der Waals surface area (Å²) in [7, 11) is 0. The molecule has 1 aromatic rings. The third-order valence-corrected chi connectivity index (χ3v) is 11.9. The monoisotopic (exact) mass is 292 g/mol. The highest BCUT2D eigenvalue weighted by molar-refractivity contribution is 8.18. The predicted octanol–water partition coefficient (Wildman–Crippen LogP) is 4.99. The molecule has 0 unspecified atom stereocenters. The van der Waals surface area contributed by atoms with Gasteiger partial charge in [-0.3, -0.25) is 0 Å². The number of hydrogen-bond acceptors (Lipinski definition) is 1. The molecule has 0 aliphatic heterocycles. The smallest absolute Gasteiger partial charge is 0.00783 e. The van der Waals surface area contributed by atoms with Crippen LogP contribution in [0.1, 0.15) is 56.9 Å². The molecule has 2 aliphatic rings. The minimum absolute atomic E-state index is 0.855. The Morgan fingerprint density at radius 2 is 1.26 bits per heavy atom. The molecule has 3 rings (SSSR count). The summed E-state index contributed by atoms with van der Waals surface area (Å²) in [5.74, 6) is 0. The van der Waals surface area contributed by atoms with Crippen LogP contribution < -0.4 is 5.30 Å². The molecule has 2 saturated carbocycles. The molecular weight excluding hydrogens is 267 g/mol. The van der Waals surface area contributed by atoms with Gasteiger partial charge in [-0.15, -0.1) is 0 Å². The third-order valence-electron chi connectivity index (χ3n) is 5.17. The molecule has 0 atom stereocenters. The second-order valence-electron chi connectivity index (χ2n) is 6.42. The number of aryl methyl sites for hydroxylation is 1. The Morgan fingerprint density at radius 1 is 0.842 bits per heavy atom. The maximum absolute atomic E-state index is 6.44. The van der Waals surface area contributed by atoms with Crippen LogP contribution in [-0.4, -0.2) is 11.3 Å². The zero-order valence-corrected chi connectivity index (χ0v) is 13.7. The molecule has 2 aliphatic carbocycles. The zero-order valence-electron chi connectivity index (χ0n) is 12.0. The molecule has 0 N–H and O–H groups in total. The topological polar surface area (TPSA) is 0 Å². The van der Waals surface area contributed by atoms with E-state index < -0.39 is 6.04 Å². The summed E-state index contributed by atoms with van der Waals surface area (Å²) in [6.07, 6.45) is 11.3. The summed E-state index contributed by atoms with van der Waals surface area (Å²) in [5.41, 5.74) is 3.07. The van der Waals surface area contributed by atoms with Crippen molar-refractivity contribution in [2.24, 2.45) is 0 Å². The van der Waals surface area contributed by atoms with Gasteiger partial charge in [0, 0.05) is 0 Å². The van der Waals surface area contributed by atoms with Crippen LogP contribution in [0.25, 0.3) is 0 Å². The Bertz CT molecular complexity index is 445. The molecule has 1 aromatic carbocycles. The van der Waals surface area contributed by atoms with Gasteiger partial charge in [-0.2, -0.15) is 0 Å². The Morgan fingerprint density at radius 3 is 1.68 bits per heavy atom. The molecule has 0 bridgehead atoms. The van der Waals surface area contributed by atoms with Gasteiger partial charge in [-0.25, -0.2) is 0 Å². The van der Waals surface area contributed by atoms with Crippen molar-refractivity contribution in [3.05, 3.63) is 29.8 Å². The second-order valence-corrected chi connectivity index (χ2v) is 11.6. The van der Waals surface area contributed by atoms with E-state index in [2.05, 4.69) is 31.2 Å². The number of benzene rings is 1. The molecule has 0 saturated heterocycles. The third kappa shape index (κ3) is 2.57. The van der Waals surface area contributed by atoms with Crippen LogP contribution in [0.3, 0.4) is 0 Å². The molecular formula is C17H25PS. The van der Waals surface area contributed by atoms with Crippen molar-refractivity contribution in [3.63, 3.8) is 0 Å². The molecule has 2 fully saturated rings. The Kier molecular flexibility index (Phi) is 4.15. The lowest BCUT2D eigenvalue weighted by molar-refractivity contribution is 0.833. The molecule has 104 valence electrons. The average Bonchev–Trinajstić information content (AvgIpc) is 3.12. The first-order chi connectivity index (χ1) is 9.21. The highest BCUT2D eigenvalue weighted by atomic mass is 32.4. The van der Waals surface area contributed by atoms with E-state index >= 15 is 0 Å². The molecule has 2 heteroatoms. The van der Waals surface area contributed by atoms with E-state index in [1.54, 1.807) is 5.30 Å². The highest BCUT2D eigenvalue weighted by Gasteiger charge is 2.39. The zero-order chi connectivity index (χ0) is 13.3. The van der Waals surface area contributed by atoms with Crippen molar-refractivity contribution in [3.8, 4) is 0 Å². The van der Waals surface area contributed by atoms with Crippen LogP contribution in [-0.2, 0) is 11.8 Å². The fraction of sp³-hybridized carbons (Fsp3) is 0.647. The SMILES string of the molecule is Cc1ccc(P(=S)(C2CCCC2)C2CCCC2)cc1. The standard InChI is InChI=1S/C17H25PS/c1-14-10-12-17(13-11-14)18(19,15-6-2-3-7-15)16-8-4-5-9-16/h10-13,15-16H,2-9H2,1H3. The van der Waals surface area contributed by atoms with Crippen molar-refractivity contribution in [2.75, 3.05) is 0 Å². The van der Waals surface area contributed by atoms with Gasteiger partial charge in [0.2, 0.25) is 0 Å². The normalized spacial score (nSPS) is 22.2. The molecule has 0 spiro atoms. The first-order valence-electron chi connectivity index (χ1n) is 7.88. The summed E-state index contributed by atoms with van der Waals surface area (Å²) < 4.78 is 0. The van der Waals surface area contributed by atoms with Gasteiger partial charge in [-0.05, 0) is 55.3 Å². The number of hydrogen-bond donors (Lipinski definition) is 0. The van der Waals surface area contributed by atoms with Gasteiger partial charge in [0.05, 0.1) is 0 Å². The quantitative estimate of drug-likeness (QED) is 0.708. The van der Waals surface area contributed by atoms with Crippen LogP contribution in [0, 0.1) is 6.92 Å². The van der Waals surface area contributed by atoms with E-state index in [1.165, 1.54) is 56.9 Å². The van der Waals surface area contributed by atoms with Gasteiger partial charge in [0.1, 0.15) is 0 Å². The summed E-state index contributed by atoms with van der Waals surface area (Å²) >= 11 is 6.44. The summed E-state index contributed by atoms with van der Waals surface area (Å²) in [4.78, 5) is 0. The highest BCUT2D eigenvalue weighted by Crippen LogP contribution is 2.63. The largest absolute Gasteiger partial charge is 0.0920 e. The molecule has 0 heterocycles. The molecule has 0 aromatic heterocycles. The van der Waals surface area contributed by atoms with E-state index in [0.717, 1.165) is 11.3 Å². The van der Waals surface area contributed by atoms with Crippen molar-refractivity contribution < 1.29 is 0 Å². The van der Waals surface area contributed by atoms with Crippen molar-refractivity contribution in [2.45, 2.75) is 69.6 Å². The summed E-state index contributed by atoms with van der Waals surface area (Å²) in [5, 5.41) is 1.55. The predicted molar refractivity (Wildman–Crippen MR) is 89.6 cm³/mol. The van der Waals surface area contributed by atoms with Gasteiger partial charge in [0.25, 0.3) is 0 Å². The lowest BCUT2D eigenvalue weighted by atomic mass is 10.2. The van der Waals surface area contributed by atoms with Gasteiger partial charge in [-0.1, -0.05) is 67.3 Å². The van der Waals surface area contributed by atoms with Crippen molar-refractivity contribution in [1.82, 2.24) is 0 Å². The van der Waals surface area contributed by atoms with Crippen molar-refractivity contribution in [1.29, 1.82) is 0 Å². The number of rotatable bonds is 3. The van der Waals surface area contributed by atoms with Crippen LogP contribution >= 0.6 is 6.04 Å². The minimum atomic E-state index is -1.35.